The number of nitrogens with one attached hydrogen (secondary N) is 3. The van der Waals surface area contributed by atoms with Crippen LogP contribution in [0.25, 0.3) is 50.4 Å². The molecule has 0 aromatic heterocycles. The SMILES string of the molecule is C1=C(c2ccc(-c3cccc(C4=C(c5ccccc5)C(c5ccccc5)NC(c5ccccc5)=C4c4ccccc4)c3)cc2)NC(c2cccc(-c3ccccc3)c2)NC1c1ccccc1. The van der Waals surface area contributed by atoms with Crippen LogP contribution in [-0.2, 0) is 0 Å². The first-order valence-electron chi connectivity index (χ1n) is 22.9. The summed E-state index contributed by atoms with van der Waals surface area (Å²) in [4.78, 5) is 0. The molecule has 2 aliphatic rings. The Morgan fingerprint density at radius 2 is 0.742 bits per heavy atom. The molecule has 3 heteroatoms. The molecule has 0 fully saturated rings. The molecule has 0 saturated heterocycles. The summed E-state index contributed by atoms with van der Waals surface area (Å²) < 4.78 is 0. The fourth-order valence-electron chi connectivity index (χ4n) is 9.62. The summed E-state index contributed by atoms with van der Waals surface area (Å²) >= 11 is 0. The maximum absolute atomic E-state index is 4.11. The number of allylic oxidation sites excluding steroid dienone is 2. The zero-order valence-electron chi connectivity index (χ0n) is 36.6. The molecule has 9 aromatic carbocycles. The van der Waals surface area contributed by atoms with Gasteiger partial charge in [-0.1, -0.05) is 243 Å². The van der Waals surface area contributed by atoms with Crippen LogP contribution in [0, 0.1) is 0 Å². The lowest BCUT2D eigenvalue weighted by atomic mass is 9.76. The lowest BCUT2D eigenvalue weighted by molar-refractivity contribution is 0.443. The van der Waals surface area contributed by atoms with Crippen LogP contribution in [0.1, 0.15) is 62.8 Å². The van der Waals surface area contributed by atoms with Crippen molar-refractivity contribution in [1.29, 1.82) is 0 Å². The molecule has 3 atom stereocenters. The molecule has 0 bridgehead atoms. The van der Waals surface area contributed by atoms with Gasteiger partial charge in [0.25, 0.3) is 0 Å². The average molecular weight is 848 g/mol. The number of rotatable bonds is 10. The van der Waals surface area contributed by atoms with Crippen molar-refractivity contribution in [3.63, 3.8) is 0 Å². The van der Waals surface area contributed by atoms with Crippen molar-refractivity contribution in [2.45, 2.75) is 18.2 Å². The largest absolute Gasteiger partial charge is 0.373 e. The van der Waals surface area contributed by atoms with Gasteiger partial charge in [0, 0.05) is 11.3 Å². The second kappa shape index (κ2) is 18.5. The Morgan fingerprint density at radius 1 is 0.288 bits per heavy atom. The Bertz CT molecular complexity index is 3180. The molecule has 0 spiro atoms. The zero-order valence-corrected chi connectivity index (χ0v) is 36.6. The van der Waals surface area contributed by atoms with Gasteiger partial charge in [-0.2, -0.15) is 0 Å². The predicted octanol–water partition coefficient (Wildman–Crippen LogP) is 14.8. The normalized spacial score (nSPS) is 17.1. The predicted molar refractivity (Wildman–Crippen MR) is 275 cm³/mol. The number of hydrogen-bond acceptors (Lipinski definition) is 3. The monoisotopic (exact) mass is 847 g/mol. The molecule has 66 heavy (non-hydrogen) atoms. The van der Waals surface area contributed by atoms with E-state index < -0.39 is 0 Å². The molecule has 0 aliphatic carbocycles. The van der Waals surface area contributed by atoms with E-state index in [1.165, 1.54) is 55.7 Å². The van der Waals surface area contributed by atoms with E-state index in [0.717, 1.165) is 39.2 Å². The number of hydrogen-bond donors (Lipinski definition) is 3. The van der Waals surface area contributed by atoms with Gasteiger partial charge in [0.2, 0.25) is 0 Å². The van der Waals surface area contributed by atoms with Crippen LogP contribution in [0.15, 0.2) is 261 Å². The molecule has 0 amide bonds. The number of benzene rings is 9. The summed E-state index contributed by atoms with van der Waals surface area (Å²) in [5.41, 5.74) is 20.0. The molecule has 3 N–H and O–H groups in total. The first kappa shape index (κ1) is 40.5. The summed E-state index contributed by atoms with van der Waals surface area (Å²) in [6.07, 6.45) is 2.22. The Balaban J connectivity index is 1.01. The van der Waals surface area contributed by atoms with Gasteiger partial charge < -0.3 is 10.6 Å². The molecule has 0 radical (unpaired) electrons. The molecule has 3 unspecified atom stereocenters. The van der Waals surface area contributed by atoms with Gasteiger partial charge in [-0.25, -0.2) is 0 Å². The lowest BCUT2D eigenvalue weighted by Gasteiger charge is -2.36. The van der Waals surface area contributed by atoms with Gasteiger partial charge in [-0.05, 0) is 96.1 Å². The van der Waals surface area contributed by atoms with Crippen LogP contribution < -0.4 is 16.0 Å². The van der Waals surface area contributed by atoms with Crippen molar-refractivity contribution in [3.8, 4) is 22.3 Å². The summed E-state index contributed by atoms with van der Waals surface area (Å²) in [5, 5.41) is 11.9. The van der Waals surface area contributed by atoms with E-state index in [2.05, 4.69) is 277 Å². The molecule has 3 nitrogen and oxygen atoms in total. The third-order valence-electron chi connectivity index (χ3n) is 12.8. The van der Waals surface area contributed by atoms with E-state index >= 15 is 0 Å². The number of dihydropyridines is 1. The zero-order chi connectivity index (χ0) is 44.1. The van der Waals surface area contributed by atoms with Gasteiger partial charge in [0.1, 0.15) is 6.17 Å². The fraction of sp³-hybridized carbons (Fsp3) is 0.0476. The van der Waals surface area contributed by atoms with E-state index in [0.29, 0.717) is 0 Å². The van der Waals surface area contributed by atoms with Crippen LogP contribution in [0.3, 0.4) is 0 Å². The molecule has 2 heterocycles. The van der Waals surface area contributed by atoms with Crippen molar-refractivity contribution >= 4 is 28.1 Å². The molecule has 11 rings (SSSR count). The Kier molecular flexibility index (Phi) is 11.3. The minimum absolute atomic E-state index is 0.0219. The van der Waals surface area contributed by atoms with Gasteiger partial charge in [-0.3, -0.25) is 5.32 Å². The van der Waals surface area contributed by atoms with E-state index in [1.54, 1.807) is 0 Å². The van der Waals surface area contributed by atoms with Crippen LogP contribution in [0.5, 0.6) is 0 Å². The topological polar surface area (TPSA) is 36.1 Å². The smallest absolute Gasteiger partial charge is 0.104 e. The Morgan fingerprint density at radius 3 is 1.38 bits per heavy atom. The first-order chi connectivity index (χ1) is 32.7. The second-order valence-electron chi connectivity index (χ2n) is 17.0. The average Bonchev–Trinajstić information content (AvgIpc) is 3.41. The fourth-order valence-corrected chi connectivity index (χ4v) is 9.62. The third kappa shape index (κ3) is 8.32. The van der Waals surface area contributed by atoms with Gasteiger partial charge in [0.15, 0.2) is 0 Å². The van der Waals surface area contributed by atoms with Crippen molar-refractivity contribution in [2.75, 3.05) is 0 Å². The maximum Gasteiger partial charge on any atom is 0.104 e. The van der Waals surface area contributed by atoms with E-state index in [9.17, 15) is 0 Å². The minimum Gasteiger partial charge on any atom is -0.373 e. The van der Waals surface area contributed by atoms with E-state index in [4.69, 9.17) is 0 Å². The van der Waals surface area contributed by atoms with Gasteiger partial charge >= 0.3 is 0 Å². The van der Waals surface area contributed by atoms with E-state index in [-0.39, 0.29) is 18.2 Å². The molecule has 316 valence electrons. The first-order valence-corrected chi connectivity index (χ1v) is 22.9. The molecule has 9 aromatic rings. The molecule has 0 saturated carbocycles. The minimum atomic E-state index is -0.107. The Hall–Kier alpha value is -8.24. The third-order valence-corrected chi connectivity index (χ3v) is 12.8. The van der Waals surface area contributed by atoms with Crippen molar-refractivity contribution in [2.24, 2.45) is 0 Å². The van der Waals surface area contributed by atoms with E-state index in [1.807, 2.05) is 0 Å². The standard InChI is InChI=1S/C63H49N3/c1-7-21-44(22-8-1)53-34-20-36-55(42-53)63-64-56(46-23-9-2-10-24-46)43-57(65-63)47-39-37-45(38-40-47)52-33-19-35-54(41-52)58-59(48-25-11-3-12-26-48)61(50-29-15-5-16-30-50)66-62(51-31-17-6-18-32-51)60(58)49-27-13-4-14-28-49/h1-43,56,61,63-66H. The van der Waals surface area contributed by atoms with Crippen LogP contribution >= 0.6 is 0 Å². The summed E-state index contributed by atoms with van der Waals surface area (Å²) in [7, 11) is 0. The summed E-state index contributed by atoms with van der Waals surface area (Å²) in [5.74, 6) is 0. The van der Waals surface area contributed by atoms with Crippen molar-refractivity contribution in [1.82, 2.24) is 16.0 Å². The molecular weight excluding hydrogens is 799 g/mol. The maximum atomic E-state index is 4.11. The highest BCUT2D eigenvalue weighted by Gasteiger charge is 2.33. The van der Waals surface area contributed by atoms with Crippen LogP contribution in [0.4, 0.5) is 0 Å². The molecule has 2 aliphatic heterocycles. The summed E-state index contributed by atoms with van der Waals surface area (Å²) in [6.45, 7) is 0. The Labute approximate surface area is 388 Å². The highest BCUT2D eigenvalue weighted by Crippen LogP contribution is 2.50. The lowest BCUT2D eigenvalue weighted by Crippen LogP contribution is -2.39. The molecular formula is C63H49N3. The highest BCUT2D eigenvalue weighted by molar-refractivity contribution is 6.24. The van der Waals surface area contributed by atoms with Crippen molar-refractivity contribution < 1.29 is 0 Å². The van der Waals surface area contributed by atoms with Gasteiger partial charge in [-0.15, -0.1) is 0 Å². The van der Waals surface area contributed by atoms with Gasteiger partial charge in [0.05, 0.1) is 17.8 Å². The van der Waals surface area contributed by atoms with Crippen molar-refractivity contribution in [3.05, 3.63) is 305 Å². The highest BCUT2D eigenvalue weighted by atomic mass is 15.2. The second-order valence-corrected chi connectivity index (χ2v) is 17.0. The summed E-state index contributed by atoms with van der Waals surface area (Å²) in [6, 6.07) is 91.7. The quantitative estimate of drug-likeness (QED) is 0.128. The van der Waals surface area contributed by atoms with Crippen LogP contribution in [-0.4, -0.2) is 0 Å². The van der Waals surface area contributed by atoms with Crippen LogP contribution in [0.2, 0.25) is 0 Å².